The lowest BCUT2D eigenvalue weighted by Gasteiger charge is -2.30. The van der Waals surface area contributed by atoms with Gasteiger partial charge in [-0.3, -0.25) is 4.79 Å². The van der Waals surface area contributed by atoms with Crippen LogP contribution in [0.5, 0.6) is 0 Å². The summed E-state index contributed by atoms with van der Waals surface area (Å²) in [5.74, 6) is 0.220. The van der Waals surface area contributed by atoms with Gasteiger partial charge in [0.05, 0.1) is 10.3 Å². The van der Waals surface area contributed by atoms with Crippen LogP contribution >= 0.6 is 47.4 Å². The molecule has 0 radical (unpaired) electrons. The molecule has 3 rings (SSSR count). The number of nitrogens with one attached hydrogen (secondary N) is 1. The van der Waals surface area contributed by atoms with Crippen LogP contribution in [0, 0.1) is 0 Å². The molecule has 0 aliphatic carbocycles. The lowest BCUT2D eigenvalue weighted by molar-refractivity contribution is -0.132. The smallest absolute Gasteiger partial charge is 0.236 e. The Morgan fingerprint density at radius 3 is 2.83 bits per heavy atom. The van der Waals surface area contributed by atoms with Crippen LogP contribution in [0.3, 0.4) is 0 Å². The highest BCUT2D eigenvalue weighted by molar-refractivity contribution is 8.00. The van der Waals surface area contributed by atoms with Crippen molar-refractivity contribution in [2.75, 3.05) is 13.1 Å². The molecule has 1 N–H and O–H groups in total. The van der Waals surface area contributed by atoms with Crippen LogP contribution in [-0.4, -0.2) is 41.2 Å². The molecule has 2 saturated heterocycles. The summed E-state index contributed by atoms with van der Waals surface area (Å²) in [5, 5.41) is 4.57. The van der Waals surface area contributed by atoms with Crippen molar-refractivity contribution in [2.45, 2.75) is 48.4 Å². The zero-order valence-electron chi connectivity index (χ0n) is 12.9. The number of benzene rings is 1. The minimum Gasteiger partial charge on any atom is -0.334 e. The van der Waals surface area contributed by atoms with E-state index in [2.05, 4.69) is 10.2 Å². The third kappa shape index (κ3) is 4.29. The third-order valence-electron chi connectivity index (χ3n) is 4.45. The van der Waals surface area contributed by atoms with Crippen LogP contribution in [0.1, 0.15) is 26.2 Å². The van der Waals surface area contributed by atoms with Crippen LogP contribution in [0.15, 0.2) is 23.1 Å². The lowest BCUT2D eigenvalue weighted by Crippen LogP contribution is -2.45. The van der Waals surface area contributed by atoms with Crippen molar-refractivity contribution in [3.8, 4) is 0 Å². The van der Waals surface area contributed by atoms with E-state index in [0.29, 0.717) is 22.1 Å². The minimum absolute atomic E-state index is 0. The van der Waals surface area contributed by atoms with Crippen molar-refractivity contribution < 1.29 is 4.79 Å². The molecule has 1 aromatic rings. The predicted molar refractivity (Wildman–Crippen MR) is 100 cm³/mol. The summed E-state index contributed by atoms with van der Waals surface area (Å²) >= 11 is 13.7. The molecule has 128 valence electrons. The molecular weight excluding hydrogens is 375 g/mol. The molecular formula is C16H21Cl3N2OS. The summed E-state index contributed by atoms with van der Waals surface area (Å²) in [6, 6.07) is 6.12. The number of thioether (sulfide) groups is 1. The van der Waals surface area contributed by atoms with Crippen molar-refractivity contribution >= 4 is 53.3 Å². The highest BCUT2D eigenvalue weighted by Crippen LogP contribution is 2.36. The molecule has 3 nitrogen and oxygen atoms in total. The number of amides is 1. The fraction of sp³-hybridized carbons (Fsp3) is 0.562. The van der Waals surface area contributed by atoms with Gasteiger partial charge in [-0.2, -0.15) is 0 Å². The molecule has 2 bridgehead atoms. The molecule has 1 amide bonds. The van der Waals surface area contributed by atoms with Gasteiger partial charge in [-0.05, 0) is 50.9 Å². The Morgan fingerprint density at radius 2 is 2.04 bits per heavy atom. The highest BCUT2D eigenvalue weighted by Gasteiger charge is 2.39. The summed E-state index contributed by atoms with van der Waals surface area (Å²) in [6.45, 7) is 3.88. The summed E-state index contributed by atoms with van der Waals surface area (Å²) < 4.78 is 0. The fourth-order valence-electron chi connectivity index (χ4n) is 3.36. The zero-order chi connectivity index (χ0) is 15.7. The van der Waals surface area contributed by atoms with Crippen LogP contribution in [0.2, 0.25) is 10.0 Å². The van der Waals surface area contributed by atoms with E-state index in [4.69, 9.17) is 23.2 Å². The molecule has 2 heterocycles. The van der Waals surface area contributed by atoms with E-state index >= 15 is 0 Å². The van der Waals surface area contributed by atoms with Gasteiger partial charge >= 0.3 is 0 Å². The quantitative estimate of drug-likeness (QED) is 0.777. The van der Waals surface area contributed by atoms with Gasteiger partial charge in [0.2, 0.25) is 5.91 Å². The van der Waals surface area contributed by atoms with E-state index in [1.165, 1.54) is 11.8 Å². The number of carbonyl (C=O) groups excluding carboxylic acids is 1. The van der Waals surface area contributed by atoms with E-state index in [9.17, 15) is 4.79 Å². The average Bonchev–Trinajstić information content (AvgIpc) is 2.75. The first-order chi connectivity index (χ1) is 10.6. The van der Waals surface area contributed by atoms with Gasteiger partial charge in [0.1, 0.15) is 0 Å². The third-order valence-corrected chi connectivity index (χ3v) is 6.28. The van der Waals surface area contributed by atoms with Crippen molar-refractivity contribution in [3.05, 3.63) is 28.2 Å². The Balaban J connectivity index is 0.00000192. The maximum Gasteiger partial charge on any atom is 0.236 e. The Morgan fingerprint density at radius 1 is 1.30 bits per heavy atom. The zero-order valence-corrected chi connectivity index (χ0v) is 16.1. The highest BCUT2D eigenvalue weighted by atomic mass is 35.5. The standard InChI is InChI=1S/C16H20Cl2N2OS.ClH/c1-10(22-15-8-11(17)2-5-14(15)18)16(21)20-12-3-4-13(20)9-19-7-6-12;/h2,5,8,10,12-13,19H,3-4,6-7,9H2,1H3;1H. The molecule has 3 unspecified atom stereocenters. The number of carbonyl (C=O) groups is 1. The van der Waals surface area contributed by atoms with Crippen molar-refractivity contribution in [1.82, 2.24) is 10.2 Å². The molecule has 0 spiro atoms. The molecule has 7 heteroatoms. The Hall–Kier alpha value is -0.130. The average molecular weight is 396 g/mol. The maximum atomic E-state index is 12.9. The van der Waals surface area contributed by atoms with E-state index < -0.39 is 0 Å². The van der Waals surface area contributed by atoms with Crippen LogP contribution in [0.4, 0.5) is 0 Å². The van der Waals surface area contributed by atoms with Gasteiger partial charge in [0.25, 0.3) is 0 Å². The molecule has 3 atom stereocenters. The largest absolute Gasteiger partial charge is 0.334 e. The van der Waals surface area contributed by atoms with Gasteiger partial charge in [-0.25, -0.2) is 0 Å². The normalized spacial score (nSPS) is 24.7. The van der Waals surface area contributed by atoms with Gasteiger partial charge in [0.15, 0.2) is 0 Å². The summed E-state index contributed by atoms with van der Waals surface area (Å²) in [4.78, 5) is 15.9. The first-order valence-corrected chi connectivity index (χ1v) is 9.34. The molecule has 2 fully saturated rings. The second kappa shape index (κ2) is 8.30. The second-order valence-corrected chi connectivity index (χ2v) is 8.18. The first-order valence-electron chi connectivity index (χ1n) is 7.71. The number of nitrogens with zero attached hydrogens (tertiary/aromatic N) is 1. The Bertz CT molecular complexity index is 558. The van der Waals surface area contributed by atoms with Gasteiger partial charge < -0.3 is 10.2 Å². The van der Waals surface area contributed by atoms with Crippen LogP contribution in [-0.2, 0) is 4.79 Å². The molecule has 2 aliphatic rings. The number of fused-ring (bicyclic) bond motifs is 2. The van der Waals surface area contributed by atoms with Gasteiger partial charge in [-0.15, -0.1) is 24.2 Å². The van der Waals surface area contributed by atoms with E-state index in [-0.39, 0.29) is 23.6 Å². The summed E-state index contributed by atoms with van der Waals surface area (Å²) in [7, 11) is 0. The predicted octanol–water partition coefficient (Wildman–Crippen LogP) is 4.25. The first kappa shape index (κ1) is 19.2. The van der Waals surface area contributed by atoms with E-state index in [1.54, 1.807) is 12.1 Å². The Labute approximate surface area is 157 Å². The van der Waals surface area contributed by atoms with Gasteiger partial charge in [-0.1, -0.05) is 23.2 Å². The van der Waals surface area contributed by atoms with Crippen molar-refractivity contribution in [1.29, 1.82) is 0 Å². The fourth-order valence-corrected chi connectivity index (χ4v) is 4.83. The van der Waals surface area contributed by atoms with Crippen molar-refractivity contribution in [2.24, 2.45) is 0 Å². The SMILES string of the molecule is CC(Sc1cc(Cl)ccc1Cl)C(=O)N1C2CCNCC1CC2.Cl. The number of hydrogen-bond acceptors (Lipinski definition) is 3. The topological polar surface area (TPSA) is 32.3 Å². The summed E-state index contributed by atoms with van der Waals surface area (Å²) in [6.07, 6.45) is 3.30. The maximum absolute atomic E-state index is 12.9. The number of halogens is 3. The lowest BCUT2D eigenvalue weighted by atomic mass is 10.1. The number of hydrogen-bond donors (Lipinski definition) is 1. The molecule has 23 heavy (non-hydrogen) atoms. The minimum atomic E-state index is -0.155. The van der Waals surface area contributed by atoms with Crippen LogP contribution in [0.25, 0.3) is 0 Å². The second-order valence-electron chi connectivity index (χ2n) is 5.96. The molecule has 0 aromatic heterocycles. The molecule has 0 saturated carbocycles. The molecule has 2 aliphatic heterocycles. The Kier molecular flexibility index (Phi) is 6.93. The van der Waals surface area contributed by atoms with Crippen molar-refractivity contribution in [3.63, 3.8) is 0 Å². The van der Waals surface area contributed by atoms with E-state index in [1.807, 2.05) is 13.0 Å². The van der Waals surface area contributed by atoms with Crippen LogP contribution < -0.4 is 5.32 Å². The molecule has 1 aromatic carbocycles. The summed E-state index contributed by atoms with van der Waals surface area (Å²) in [5.41, 5.74) is 0. The van der Waals surface area contributed by atoms with E-state index in [0.717, 1.165) is 37.2 Å². The monoisotopic (exact) mass is 394 g/mol. The number of rotatable bonds is 3. The van der Waals surface area contributed by atoms with Gasteiger partial charge in [0, 0.05) is 28.5 Å².